The van der Waals surface area contributed by atoms with Crippen molar-refractivity contribution < 1.29 is 37.9 Å². The first-order valence-corrected chi connectivity index (χ1v) is 18.3. The minimum Gasteiger partial charge on any atom is -0.462 e. The molecule has 0 rings (SSSR count). The Morgan fingerprint density at radius 1 is 0.600 bits per heavy atom. The number of allylic oxidation sites excluding steroid dienone is 12. The first-order valence-electron chi connectivity index (χ1n) is 16.8. The SMILES string of the molecule is CC/C=C/C=C/C=C/CCCCCCCC(=O)OC(COC(=O)CCCCCC/C=C/C/C=C/C/C=C/CC)COP(=O)(O)O. The van der Waals surface area contributed by atoms with Crippen LogP contribution >= 0.6 is 7.82 Å². The minimum absolute atomic E-state index is 0.179. The van der Waals surface area contributed by atoms with Crippen LogP contribution in [0.25, 0.3) is 0 Å². The fourth-order valence-corrected chi connectivity index (χ4v) is 4.45. The van der Waals surface area contributed by atoms with E-state index in [9.17, 15) is 14.2 Å². The van der Waals surface area contributed by atoms with E-state index in [1.807, 2.05) is 18.2 Å². The van der Waals surface area contributed by atoms with Gasteiger partial charge in [-0.15, -0.1) is 0 Å². The topological polar surface area (TPSA) is 119 Å². The Kier molecular flexibility index (Phi) is 29.7. The van der Waals surface area contributed by atoms with Gasteiger partial charge in [-0.2, -0.15) is 0 Å². The standard InChI is InChI=1S/C36H59O8P/c1-3-5-7-9-11-13-15-17-19-20-22-24-26-28-30-35(37)42-32-34(33-43-45(39,40)41)44-36(38)31-29-27-25-23-21-18-16-14-12-10-8-6-4-2/h5-8,10-14,16-17,19,34H,3-4,9,15,18,20-33H2,1-2H3,(H2,39,40,41)/b7-5+,8-6+,12-10+,13-11+,16-14+,19-17+. The maximum atomic E-state index is 12.3. The van der Waals surface area contributed by atoms with E-state index in [-0.39, 0.29) is 19.4 Å². The highest BCUT2D eigenvalue weighted by Gasteiger charge is 2.22. The third-order valence-corrected chi connectivity index (χ3v) is 7.02. The van der Waals surface area contributed by atoms with Gasteiger partial charge in [-0.3, -0.25) is 14.1 Å². The Morgan fingerprint density at radius 2 is 1.11 bits per heavy atom. The van der Waals surface area contributed by atoms with Gasteiger partial charge in [0.05, 0.1) is 6.61 Å². The molecule has 0 aliphatic rings. The molecule has 0 spiro atoms. The summed E-state index contributed by atoms with van der Waals surface area (Å²) in [6, 6.07) is 0. The lowest BCUT2D eigenvalue weighted by Gasteiger charge is -2.18. The van der Waals surface area contributed by atoms with Gasteiger partial charge in [-0.05, 0) is 64.2 Å². The fourth-order valence-electron chi connectivity index (χ4n) is 4.09. The number of ether oxygens (including phenoxy) is 2. The van der Waals surface area contributed by atoms with Crippen LogP contribution in [0.15, 0.2) is 72.9 Å². The molecule has 256 valence electrons. The van der Waals surface area contributed by atoms with Gasteiger partial charge in [0.1, 0.15) is 6.61 Å². The zero-order valence-corrected chi connectivity index (χ0v) is 28.6. The second-order valence-electron chi connectivity index (χ2n) is 10.8. The van der Waals surface area contributed by atoms with Gasteiger partial charge < -0.3 is 19.3 Å². The highest BCUT2D eigenvalue weighted by molar-refractivity contribution is 7.46. The summed E-state index contributed by atoms with van der Waals surface area (Å²) in [7, 11) is -4.76. The lowest BCUT2D eigenvalue weighted by molar-refractivity contribution is -0.161. The molecule has 45 heavy (non-hydrogen) atoms. The van der Waals surface area contributed by atoms with E-state index in [2.05, 4.69) is 73.1 Å². The molecule has 1 atom stereocenters. The number of hydrogen-bond donors (Lipinski definition) is 2. The molecular formula is C36H59O8P. The maximum Gasteiger partial charge on any atom is 0.469 e. The van der Waals surface area contributed by atoms with Gasteiger partial charge in [-0.1, -0.05) is 119 Å². The van der Waals surface area contributed by atoms with E-state index in [0.29, 0.717) is 12.8 Å². The molecule has 0 aliphatic heterocycles. The predicted octanol–water partition coefficient (Wildman–Crippen LogP) is 9.56. The molecule has 8 nitrogen and oxygen atoms in total. The average molecular weight is 651 g/mol. The monoisotopic (exact) mass is 650 g/mol. The van der Waals surface area contributed by atoms with Crippen molar-refractivity contribution >= 4 is 19.8 Å². The largest absolute Gasteiger partial charge is 0.469 e. The van der Waals surface area contributed by atoms with Gasteiger partial charge in [0, 0.05) is 12.8 Å². The Labute approximate surface area is 272 Å². The number of hydrogen-bond acceptors (Lipinski definition) is 6. The summed E-state index contributed by atoms with van der Waals surface area (Å²) in [5, 5.41) is 0. The van der Waals surface area contributed by atoms with Gasteiger partial charge in [0.2, 0.25) is 0 Å². The summed E-state index contributed by atoms with van der Waals surface area (Å²) >= 11 is 0. The number of carbonyl (C=O) groups excluding carboxylic acids is 2. The number of phosphoric ester groups is 1. The number of phosphoric acid groups is 1. The van der Waals surface area contributed by atoms with Crippen molar-refractivity contribution in [2.24, 2.45) is 0 Å². The predicted molar refractivity (Wildman–Crippen MR) is 184 cm³/mol. The number of unbranched alkanes of at least 4 members (excludes halogenated alkanes) is 9. The Balaban J connectivity index is 4.11. The molecule has 0 aromatic carbocycles. The molecule has 0 amide bonds. The van der Waals surface area contributed by atoms with Crippen molar-refractivity contribution in [1.82, 2.24) is 0 Å². The zero-order valence-electron chi connectivity index (χ0n) is 27.7. The minimum atomic E-state index is -4.76. The van der Waals surface area contributed by atoms with Crippen LogP contribution in [0.3, 0.4) is 0 Å². The highest BCUT2D eigenvalue weighted by atomic mass is 31.2. The molecular weight excluding hydrogens is 591 g/mol. The van der Waals surface area contributed by atoms with Gasteiger partial charge in [0.15, 0.2) is 6.10 Å². The van der Waals surface area contributed by atoms with E-state index < -0.39 is 32.5 Å². The third-order valence-electron chi connectivity index (χ3n) is 6.53. The molecule has 1 unspecified atom stereocenters. The molecule has 9 heteroatoms. The number of esters is 2. The zero-order chi connectivity index (χ0) is 33.3. The van der Waals surface area contributed by atoms with E-state index in [4.69, 9.17) is 19.3 Å². The second-order valence-corrected chi connectivity index (χ2v) is 12.0. The van der Waals surface area contributed by atoms with Gasteiger partial charge in [-0.25, -0.2) is 4.57 Å². The van der Waals surface area contributed by atoms with Crippen molar-refractivity contribution in [3.63, 3.8) is 0 Å². The van der Waals surface area contributed by atoms with Crippen molar-refractivity contribution in [1.29, 1.82) is 0 Å². The number of rotatable bonds is 29. The highest BCUT2D eigenvalue weighted by Crippen LogP contribution is 2.35. The smallest absolute Gasteiger partial charge is 0.462 e. The normalized spacial score (nSPS) is 13.4. The molecule has 0 aliphatic carbocycles. The quantitative estimate of drug-likeness (QED) is 0.0270. The van der Waals surface area contributed by atoms with E-state index >= 15 is 0 Å². The van der Waals surface area contributed by atoms with Crippen LogP contribution in [0.4, 0.5) is 0 Å². The molecule has 0 bridgehead atoms. The van der Waals surface area contributed by atoms with Crippen LogP contribution in [0.5, 0.6) is 0 Å². The lowest BCUT2D eigenvalue weighted by atomic mass is 10.1. The molecule has 0 aromatic heterocycles. The molecule has 2 N–H and O–H groups in total. The maximum absolute atomic E-state index is 12.3. The molecule has 0 radical (unpaired) electrons. The number of carbonyl (C=O) groups is 2. The summed E-state index contributed by atoms with van der Waals surface area (Å²) < 4.78 is 26.2. The average Bonchev–Trinajstić information content (AvgIpc) is 3.00. The first-order chi connectivity index (χ1) is 21.8. The second kappa shape index (κ2) is 31.5. The Morgan fingerprint density at radius 3 is 1.73 bits per heavy atom. The summed E-state index contributed by atoms with van der Waals surface area (Å²) in [4.78, 5) is 42.5. The van der Waals surface area contributed by atoms with Crippen LogP contribution in [0.2, 0.25) is 0 Å². The van der Waals surface area contributed by atoms with Crippen LogP contribution in [0.1, 0.15) is 123 Å². The summed E-state index contributed by atoms with van der Waals surface area (Å²) in [6.07, 6.45) is 39.1. The Hall–Kier alpha value is -2.51. The Bertz CT molecular complexity index is 958. The van der Waals surface area contributed by atoms with Crippen molar-refractivity contribution in [2.75, 3.05) is 13.2 Å². The van der Waals surface area contributed by atoms with Gasteiger partial charge in [0.25, 0.3) is 0 Å². The van der Waals surface area contributed by atoms with Crippen LogP contribution in [0, 0.1) is 0 Å². The molecule has 0 saturated carbocycles. The fraction of sp³-hybridized carbons (Fsp3) is 0.611. The van der Waals surface area contributed by atoms with Gasteiger partial charge >= 0.3 is 19.8 Å². The summed E-state index contributed by atoms with van der Waals surface area (Å²) in [6.45, 7) is 3.36. The molecule has 0 saturated heterocycles. The third kappa shape index (κ3) is 34.2. The van der Waals surface area contributed by atoms with Crippen LogP contribution in [-0.2, 0) is 28.2 Å². The summed E-state index contributed by atoms with van der Waals surface area (Å²) in [5.74, 6) is -0.946. The van der Waals surface area contributed by atoms with E-state index in [1.54, 1.807) is 0 Å². The first kappa shape index (κ1) is 42.5. The van der Waals surface area contributed by atoms with Crippen molar-refractivity contribution in [2.45, 2.75) is 129 Å². The van der Waals surface area contributed by atoms with Crippen LogP contribution < -0.4 is 0 Å². The molecule has 0 aromatic rings. The van der Waals surface area contributed by atoms with E-state index in [1.165, 1.54) is 0 Å². The van der Waals surface area contributed by atoms with E-state index in [0.717, 1.165) is 83.5 Å². The lowest BCUT2D eigenvalue weighted by Crippen LogP contribution is -2.29. The molecule has 0 fully saturated rings. The van der Waals surface area contributed by atoms with Crippen LogP contribution in [-0.4, -0.2) is 41.0 Å². The molecule has 0 heterocycles. The van der Waals surface area contributed by atoms with Crippen molar-refractivity contribution in [3.8, 4) is 0 Å². The summed E-state index contributed by atoms with van der Waals surface area (Å²) in [5.41, 5.74) is 0. The van der Waals surface area contributed by atoms with Crippen molar-refractivity contribution in [3.05, 3.63) is 72.9 Å².